The first-order valence-electron chi connectivity index (χ1n) is 9.30. The molecule has 0 atom stereocenters. The van der Waals surface area contributed by atoms with E-state index in [1.54, 1.807) is 30.3 Å². The predicted molar refractivity (Wildman–Crippen MR) is 113 cm³/mol. The molecule has 3 rings (SSSR count). The molecule has 2 aromatic rings. The number of hydrogen-bond donors (Lipinski definition) is 1. The second kappa shape index (κ2) is 9.92. The van der Waals surface area contributed by atoms with Gasteiger partial charge in [-0.3, -0.25) is 14.5 Å². The molecule has 0 aliphatic carbocycles. The first-order chi connectivity index (χ1) is 13.5. The zero-order valence-electron chi connectivity index (χ0n) is 15.5. The molecule has 2 aromatic carbocycles. The maximum absolute atomic E-state index is 12.5. The van der Waals surface area contributed by atoms with Crippen molar-refractivity contribution in [1.29, 1.82) is 0 Å². The lowest BCUT2D eigenvalue weighted by molar-refractivity contribution is -0.132. The van der Waals surface area contributed by atoms with E-state index in [2.05, 4.69) is 10.2 Å². The molecule has 1 aliphatic rings. The van der Waals surface area contributed by atoms with Crippen LogP contribution >= 0.6 is 23.2 Å². The van der Waals surface area contributed by atoms with Gasteiger partial charge < -0.3 is 10.2 Å². The first kappa shape index (κ1) is 20.6. The average Bonchev–Trinajstić information content (AvgIpc) is 2.70. The summed E-state index contributed by atoms with van der Waals surface area (Å²) in [6, 6.07) is 14.5. The molecule has 28 heavy (non-hydrogen) atoms. The number of hydrogen-bond acceptors (Lipinski definition) is 3. The highest BCUT2D eigenvalue weighted by atomic mass is 35.5. The fraction of sp³-hybridized carbons (Fsp3) is 0.333. The number of halogens is 2. The molecule has 5 nitrogen and oxygen atoms in total. The quantitative estimate of drug-likeness (QED) is 0.776. The van der Waals surface area contributed by atoms with Crippen LogP contribution in [0.4, 0.5) is 5.69 Å². The molecule has 1 heterocycles. The Bertz CT molecular complexity index is 819. The van der Waals surface area contributed by atoms with Gasteiger partial charge in [0.05, 0.1) is 6.42 Å². The summed E-state index contributed by atoms with van der Waals surface area (Å²) in [7, 11) is 0. The van der Waals surface area contributed by atoms with Crippen molar-refractivity contribution in [3.05, 3.63) is 64.1 Å². The third kappa shape index (κ3) is 5.96. The van der Waals surface area contributed by atoms with Crippen LogP contribution in [0.15, 0.2) is 48.5 Å². The van der Waals surface area contributed by atoms with E-state index in [1.807, 2.05) is 23.1 Å². The van der Waals surface area contributed by atoms with Crippen LogP contribution in [0.5, 0.6) is 0 Å². The average molecular weight is 420 g/mol. The van der Waals surface area contributed by atoms with Crippen LogP contribution in [0, 0.1) is 0 Å². The summed E-state index contributed by atoms with van der Waals surface area (Å²) in [4.78, 5) is 28.7. The topological polar surface area (TPSA) is 52.7 Å². The molecule has 1 saturated heterocycles. The van der Waals surface area contributed by atoms with Gasteiger partial charge in [-0.2, -0.15) is 0 Å². The molecule has 148 valence electrons. The highest BCUT2D eigenvalue weighted by Gasteiger charge is 2.22. The number of nitrogens with one attached hydrogen (secondary N) is 1. The highest BCUT2D eigenvalue weighted by molar-refractivity contribution is 6.31. The molecule has 1 aliphatic heterocycles. The van der Waals surface area contributed by atoms with Crippen LogP contribution in [-0.2, 0) is 16.0 Å². The molecular formula is C21H23Cl2N3O2. The number of carbonyl (C=O) groups is 2. The Balaban J connectivity index is 1.39. The standard InChI is InChI=1S/C21H23Cl2N3O2/c22-17-5-7-18(8-6-17)24-20(27)9-10-25-11-13-26(14-12-25)21(28)15-16-3-1-2-4-19(16)23/h1-8H,9-15H2,(H,24,27). The maximum Gasteiger partial charge on any atom is 0.227 e. The zero-order chi connectivity index (χ0) is 19.9. The molecule has 1 fully saturated rings. The van der Waals surface area contributed by atoms with E-state index >= 15 is 0 Å². The molecular weight excluding hydrogens is 397 g/mol. The second-order valence-electron chi connectivity index (χ2n) is 6.80. The van der Waals surface area contributed by atoms with Crippen molar-refractivity contribution >= 4 is 40.7 Å². The van der Waals surface area contributed by atoms with E-state index in [0.29, 0.717) is 42.5 Å². The minimum atomic E-state index is -0.0282. The molecule has 0 radical (unpaired) electrons. The van der Waals surface area contributed by atoms with Crippen LogP contribution in [0.25, 0.3) is 0 Å². The second-order valence-corrected chi connectivity index (χ2v) is 7.64. The first-order valence-corrected chi connectivity index (χ1v) is 10.1. The van der Waals surface area contributed by atoms with Gasteiger partial charge in [-0.05, 0) is 35.9 Å². The van der Waals surface area contributed by atoms with Crippen LogP contribution < -0.4 is 5.32 Å². The summed E-state index contributed by atoms with van der Waals surface area (Å²) in [6.45, 7) is 3.54. The van der Waals surface area contributed by atoms with Gasteiger partial charge in [-0.15, -0.1) is 0 Å². The number of carbonyl (C=O) groups excluding carboxylic acids is 2. The van der Waals surface area contributed by atoms with Crippen molar-refractivity contribution < 1.29 is 9.59 Å². The maximum atomic E-state index is 12.5. The van der Waals surface area contributed by atoms with E-state index in [0.717, 1.165) is 24.3 Å². The number of amides is 2. The van der Waals surface area contributed by atoms with Gasteiger partial charge >= 0.3 is 0 Å². The predicted octanol–water partition coefficient (Wildman–Crippen LogP) is 3.71. The van der Waals surface area contributed by atoms with Gasteiger partial charge in [0.25, 0.3) is 0 Å². The van der Waals surface area contributed by atoms with E-state index in [9.17, 15) is 9.59 Å². The Hall–Kier alpha value is -2.08. The van der Waals surface area contributed by atoms with Gasteiger partial charge in [-0.1, -0.05) is 41.4 Å². The molecule has 0 bridgehead atoms. The lowest BCUT2D eigenvalue weighted by atomic mass is 10.1. The summed E-state index contributed by atoms with van der Waals surface area (Å²) in [5.74, 6) is 0.0628. The molecule has 2 amide bonds. The molecule has 0 saturated carbocycles. The van der Waals surface area contributed by atoms with E-state index in [1.165, 1.54) is 0 Å². The zero-order valence-corrected chi connectivity index (χ0v) is 17.0. The Kier molecular flexibility index (Phi) is 7.31. The minimum absolute atomic E-state index is 0.0282. The van der Waals surface area contributed by atoms with Crippen molar-refractivity contribution in [2.75, 3.05) is 38.0 Å². The molecule has 0 aromatic heterocycles. The fourth-order valence-electron chi connectivity index (χ4n) is 3.15. The molecule has 7 heteroatoms. The van der Waals surface area contributed by atoms with Crippen molar-refractivity contribution in [2.24, 2.45) is 0 Å². The number of anilines is 1. The largest absolute Gasteiger partial charge is 0.340 e. The van der Waals surface area contributed by atoms with Crippen LogP contribution in [0.2, 0.25) is 10.0 Å². The third-order valence-electron chi connectivity index (χ3n) is 4.81. The van der Waals surface area contributed by atoms with E-state index in [4.69, 9.17) is 23.2 Å². The summed E-state index contributed by atoms with van der Waals surface area (Å²) in [5.41, 5.74) is 1.60. The lowest BCUT2D eigenvalue weighted by Gasteiger charge is -2.34. The minimum Gasteiger partial charge on any atom is -0.340 e. The van der Waals surface area contributed by atoms with Gasteiger partial charge in [0.1, 0.15) is 0 Å². The van der Waals surface area contributed by atoms with Crippen LogP contribution in [-0.4, -0.2) is 54.3 Å². The van der Waals surface area contributed by atoms with E-state index in [-0.39, 0.29) is 11.8 Å². The summed E-state index contributed by atoms with van der Waals surface area (Å²) in [6.07, 6.45) is 0.735. The monoisotopic (exact) mass is 419 g/mol. The summed E-state index contributed by atoms with van der Waals surface area (Å²) in [5, 5.41) is 4.13. The smallest absolute Gasteiger partial charge is 0.227 e. The number of nitrogens with zero attached hydrogens (tertiary/aromatic N) is 2. The van der Waals surface area contributed by atoms with Crippen molar-refractivity contribution in [3.8, 4) is 0 Å². The lowest BCUT2D eigenvalue weighted by Crippen LogP contribution is -2.49. The SMILES string of the molecule is O=C(CCN1CCN(C(=O)Cc2ccccc2Cl)CC1)Nc1ccc(Cl)cc1. The fourth-order valence-corrected chi connectivity index (χ4v) is 3.48. The van der Waals surface area contributed by atoms with Crippen molar-refractivity contribution in [3.63, 3.8) is 0 Å². The van der Waals surface area contributed by atoms with Gasteiger partial charge in [-0.25, -0.2) is 0 Å². The highest BCUT2D eigenvalue weighted by Crippen LogP contribution is 2.17. The normalized spacial score (nSPS) is 14.7. The Labute approximate surface area is 175 Å². The Morgan fingerprint density at radius 3 is 2.29 bits per heavy atom. The van der Waals surface area contributed by atoms with Crippen LogP contribution in [0.1, 0.15) is 12.0 Å². The van der Waals surface area contributed by atoms with Gasteiger partial charge in [0.15, 0.2) is 0 Å². The molecule has 0 spiro atoms. The summed E-state index contributed by atoms with van der Waals surface area (Å²) >= 11 is 12.0. The summed E-state index contributed by atoms with van der Waals surface area (Å²) < 4.78 is 0. The number of rotatable bonds is 6. The van der Waals surface area contributed by atoms with Crippen molar-refractivity contribution in [1.82, 2.24) is 9.80 Å². The molecule has 0 unspecified atom stereocenters. The number of piperazine rings is 1. The number of benzene rings is 2. The Morgan fingerprint density at radius 1 is 0.929 bits per heavy atom. The van der Waals surface area contributed by atoms with Gasteiger partial charge in [0.2, 0.25) is 11.8 Å². The molecule has 1 N–H and O–H groups in total. The van der Waals surface area contributed by atoms with E-state index < -0.39 is 0 Å². The van der Waals surface area contributed by atoms with Gasteiger partial charge in [0, 0.05) is 54.9 Å². The van der Waals surface area contributed by atoms with Crippen LogP contribution in [0.3, 0.4) is 0 Å². The third-order valence-corrected chi connectivity index (χ3v) is 5.43. The Morgan fingerprint density at radius 2 is 1.61 bits per heavy atom. The van der Waals surface area contributed by atoms with Crippen molar-refractivity contribution in [2.45, 2.75) is 12.8 Å².